The zero-order valence-corrected chi connectivity index (χ0v) is 12.8. The van der Waals surface area contributed by atoms with Gasteiger partial charge in [-0.2, -0.15) is 0 Å². The van der Waals surface area contributed by atoms with Gasteiger partial charge in [0, 0.05) is 10.9 Å². The third-order valence-electron chi connectivity index (χ3n) is 4.49. The fourth-order valence-corrected chi connectivity index (χ4v) is 4.87. The molecule has 0 aromatic carbocycles. The van der Waals surface area contributed by atoms with Crippen molar-refractivity contribution >= 4 is 22.9 Å². The lowest BCUT2D eigenvalue weighted by Crippen LogP contribution is -2.32. The Morgan fingerprint density at radius 2 is 2.21 bits per heavy atom. The molecule has 0 bridgehead atoms. The molecule has 1 fully saturated rings. The zero-order valence-electron chi connectivity index (χ0n) is 11.2. The molecule has 2 aliphatic carbocycles. The van der Waals surface area contributed by atoms with Crippen LogP contribution in [0.25, 0.3) is 0 Å². The van der Waals surface area contributed by atoms with Gasteiger partial charge in [-0.25, -0.2) is 0 Å². The van der Waals surface area contributed by atoms with Gasteiger partial charge in [0.1, 0.15) is 0 Å². The fourth-order valence-electron chi connectivity index (χ4n) is 3.49. The van der Waals surface area contributed by atoms with Crippen LogP contribution >= 0.6 is 22.9 Å². The van der Waals surface area contributed by atoms with E-state index in [9.17, 15) is 5.11 Å². The fraction of sp³-hybridized carbons (Fsp3) is 0.733. The van der Waals surface area contributed by atoms with E-state index >= 15 is 0 Å². The van der Waals surface area contributed by atoms with E-state index in [0.717, 1.165) is 23.7 Å². The first kappa shape index (κ1) is 13.9. The third-order valence-corrected chi connectivity index (χ3v) is 5.83. The van der Waals surface area contributed by atoms with E-state index in [1.54, 1.807) is 11.3 Å². The average molecular weight is 300 g/mol. The van der Waals surface area contributed by atoms with Gasteiger partial charge < -0.3 is 10.4 Å². The molecule has 3 rings (SSSR count). The minimum Gasteiger partial charge on any atom is -0.393 e. The lowest BCUT2D eigenvalue weighted by Gasteiger charge is -2.29. The highest BCUT2D eigenvalue weighted by molar-refractivity contribution is 7.16. The molecule has 19 heavy (non-hydrogen) atoms. The Hall–Kier alpha value is -0.0900. The van der Waals surface area contributed by atoms with E-state index in [1.165, 1.54) is 42.5 Å². The molecule has 106 valence electrons. The Morgan fingerprint density at radius 1 is 1.32 bits per heavy atom. The number of nitrogens with one attached hydrogen (secondary N) is 1. The van der Waals surface area contributed by atoms with Gasteiger partial charge in [-0.15, -0.1) is 11.3 Å². The standard InChI is InChI=1S/C15H22ClNOS/c16-15-8-12-13(5-2-6-14(12)19-15)17-9-10-3-1-4-11(18)7-10/h8,10-11,13,17-18H,1-7,9H2. The van der Waals surface area contributed by atoms with Crippen LogP contribution in [0, 0.1) is 5.92 Å². The van der Waals surface area contributed by atoms with Crippen molar-refractivity contribution in [1.82, 2.24) is 5.32 Å². The van der Waals surface area contributed by atoms with E-state index in [0.29, 0.717) is 12.0 Å². The average Bonchev–Trinajstić information content (AvgIpc) is 2.77. The van der Waals surface area contributed by atoms with Gasteiger partial charge in [0.25, 0.3) is 0 Å². The molecule has 2 aliphatic rings. The van der Waals surface area contributed by atoms with E-state index in [4.69, 9.17) is 11.6 Å². The molecule has 0 spiro atoms. The van der Waals surface area contributed by atoms with Crippen LogP contribution in [0.5, 0.6) is 0 Å². The van der Waals surface area contributed by atoms with Crippen molar-refractivity contribution in [3.63, 3.8) is 0 Å². The Bertz CT molecular complexity index is 434. The van der Waals surface area contributed by atoms with Gasteiger partial charge >= 0.3 is 0 Å². The predicted octanol–water partition coefficient (Wildman–Crippen LogP) is 3.92. The number of fused-ring (bicyclic) bond motifs is 1. The van der Waals surface area contributed by atoms with Crippen LogP contribution < -0.4 is 5.32 Å². The van der Waals surface area contributed by atoms with Crippen LogP contribution in [0.2, 0.25) is 4.34 Å². The molecule has 1 saturated carbocycles. The second-order valence-corrected chi connectivity index (χ2v) is 7.74. The second kappa shape index (κ2) is 6.13. The predicted molar refractivity (Wildman–Crippen MR) is 81.0 cm³/mol. The maximum absolute atomic E-state index is 9.73. The molecule has 0 amide bonds. The summed E-state index contributed by atoms with van der Waals surface area (Å²) in [6.07, 6.45) is 7.98. The second-order valence-electron chi connectivity index (χ2n) is 5.97. The lowest BCUT2D eigenvalue weighted by atomic mass is 9.86. The van der Waals surface area contributed by atoms with E-state index in [2.05, 4.69) is 11.4 Å². The first-order valence-corrected chi connectivity index (χ1v) is 8.61. The minimum atomic E-state index is -0.0712. The Labute approximate surface area is 124 Å². The SMILES string of the molecule is OC1CCCC(CNC2CCCc3sc(Cl)cc32)C1. The topological polar surface area (TPSA) is 32.3 Å². The van der Waals surface area contributed by atoms with Crippen molar-refractivity contribution in [3.05, 3.63) is 20.8 Å². The molecule has 0 aliphatic heterocycles. The van der Waals surface area contributed by atoms with Crippen LogP contribution in [0.3, 0.4) is 0 Å². The summed E-state index contributed by atoms with van der Waals surface area (Å²) in [5.41, 5.74) is 1.43. The Balaban J connectivity index is 1.58. The summed E-state index contributed by atoms with van der Waals surface area (Å²) < 4.78 is 0.923. The van der Waals surface area contributed by atoms with Gasteiger partial charge in [-0.3, -0.25) is 0 Å². The van der Waals surface area contributed by atoms with Crippen molar-refractivity contribution in [2.75, 3.05) is 6.54 Å². The number of halogens is 1. The highest BCUT2D eigenvalue weighted by atomic mass is 35.5. The monoisotopic (exact) mass is 299 g/mol. The largest absolute Gasteiger partial charge is 0.393 e. The van der Waals surface area contributed by atoms with Crippen LogP contribution in [-0.2, 0) is 6.42 Å². The van der Waals surface area contributed by atoms with Crippen LogP contribution in [-0.4, -0.2) is 17.8 Å². The van der Waals surface area contributed by atoms with Crippen molar-refractivity contribution in [3.8, 4) is 0 Å². The molecule has 3 unspecified atom stereocenters. The third kappa shape index (κ3) is 3.33. The summed E-state index contributed by atoms with van der Waals surface area (Å²) in [4.78, 5) is 1.47. The summed E-state index contributed by atoms with van der Waals surface area (Å²) in [6.45, 7) is 1.04. The first-order chi connectivity index (χ1) is 9.22. The molecule has 1 aromatic rings. The molecular weight excluding hydrogens is 278 g/mol. The number of rotatable bonds is 3. The molecule has 2 N–H and O–H groups in total. The number of aryl methyl sites for hydroxylation is 1. The van der Waals surface area contributed by atoms with Crippen LogP contribution in [0.4, 0.5) is 0 Å². The number of thiophene rings is 1. The van der Waals surface area contributed by atoms with Crippen molar-refractivity contribution in [2.45, 2.75) is 57.1 Å². The smallest absolute Gasteiger partial charge is 0.0934 e. The molecule has 0 radical (unpaired) electrons. The van der Waals surface area contributed by atoms with Gasteiger partial charge in [-0.05, 0) is 62.6 Å². The summed E-state index contributed by atoms with van der Waals surface area (Å²) in [5.74, 6) is 0.642. The summed E-state index contributed by atoms with van der Waals surface area (Å²) >= 11 is 7.88. The normalized spacial score (nSPS) is 31.2. The number of aliphatic hydroxyl groups is 1. The number of hydrogen-bond donors (Lipinski definition) is 2. The minimum absolute atomic E-state index is 0.0712. The van der Waals surface area contributed by atoms with Crippen molar-refractivity contribution < 1.29 is 5.11 Å². The highest BCUT2D eigenvalue weighted by Gasteiger charge is 2.25. The first-order valence-electron chi connectivity index (χ1n) is 7.42. The maximum Gasteiger partial charge on any atom is 0.0934 e. The zero-order chi connectivity index (χ0) is 13.2. The van der Waals surface area contributed by atoms with Gasteiger partial charge in [0.05, 0.1) is 10.4 Å². The van der Waals surface area contributed by atoms with Gasteiger partial charge in [-0.1, -0.05) is 18.0 Å². The van der Waals surface area contributed by atoms with E-state index in [-0.39, 0.29) is 6.10 Å². The molecule has 1 aromatic heterocycles. The molecule has 1 heterocycles. The number of hydrogen-bond acceptors (Lipinski definition) is 3. The molecule has 0 saturated heterocycles. The summed E-state index contributed by atoms with van der Waals surface area (Å²) in [6, 6.07) is 2.63. The Kier molecular flexibility index (Phi) is 4.47. The summed E-state index contributed by atoms with van der Waals surface area (Å²) in [7, 11) is 0. The van der Waals surface area contributed by atoms with E-state index in [1.807, 2.05) is 0 Å². The van der Waals surface area contributed by atoms with Gasteiger partial charge in [0.15, 0.2) is 0 Å². The van der Waals surface area contributed by atoms with E-state index < -0.39 is 0 Å². The molecule has 2 nitrogen and oxygen atoms in total. The lowest BCUT2D eigenvalue weighted by molar-refractivity contribution is 0.0993. The number of aliphatic hydroxyl groups excluding tert-OH is 1. The van der Waals surface area contributed by atoms with Crippen LogP contribution in [0.15, 0.2) is 6.07 Å². The quantitative estimate of drug-likeness (QED) is 0.886. The molecular formula is C15H22ClNOS. The maximum atomic E-state index is 9.73. The van der Waals surface area contributed by atoms with Crippen molar-refractivity contribution in [2.24, 2.45) is 5.92 Å². The van der Waals surface area contributed by atoms with Crippen LogP contribution in [0.1, 0.15) is 55.0 Å². The summed E-state index contributed by atoms with van der Waals surface area (Å²) in [5, 5.41) is 13.5. The van der Waals surface area contributed by atoms with Gasteiger partial charge in [0.2, 0.25) is 0 Å². The highest BCUT2D eigenvalue weighted by Crippen LogP contribution is 2.38. The molecule has 3 atom stereocenters. The molecule has 4 heteroatoms. The van der Waals surface area contributed by atoms with Crippen molar-refractivity contribution in [1.29, 1.82) is 0 Å². The Morgan fingerprint density at radius 3 is 3.05 bits per heavy atom.